The van der Waals surface area contributed by atoms with Crippen molar-refractivity contribution < 1.29 is 14.0 Å². The van der Waals surface area contributed by atoms with Gasteiger partial charge in [0.05, 0.1) is 5.71 Å². The maximum Gasteiger partial charge on any atom is 0.313 e. The van der Waals surface area contributed by atoms with Crippen LogP contribution in [-0.4, -0.2) is 17.5 Å². The van der Waals surface area contributed by atoms with Crippen molar-refractivity contribution in [3.63, 3.8) is 0 Å². The number of furan rings is 1. The molecule has 0 saturated heterocycles. The van der Waals surface area contributed by atoms with Gasteiger partial charge in [-0.1, -0.05) is 11.6 Å². The molecule has 21 heavy (non-hydrogen) atoms. The summed E-state index contributed by atoms with van der Waals surface area (Å²) in [6.45, 7) is 1.90. The Morgan fingerprint density at radius 2 is 2.19 bits per heavy atom. The van der Waals surface area contributed by atoms with Crippen molar-refractivity contribution in [1.29, 1.82) is 0 Å². The SMILES string of the molecule is CC1=CC(=O)NC2=CC(=NC(=O)c3ccc(Br)o3)C=CC12. The molecule has 0 saturated carbocycles. The molecule has 2 amide bonds. The predicted octanol–water partition coefficient (Wildman–Crippen LogP) is 2.77. The number of nitrogens with zero attached hydrogens (tertiary/aromatic N) is 1. The van der Waals surface area contributed by atoms with E-state index in [1.54, 1.807) is 30.4 Å². The molecule has 1 aliphatic heterocycles. The van der Waals surface area contributed by atoms with E-state index >= 15 is 0 Å². The van der Waals surface area contributed by atoms with Crippen molar-refractivity contribution in [2.45, 2.75) is 6.92 Å². The van der Waals surface area contributed by atoms with Crippen LogP contribution in [0.1, 0.15) is 17.5 Å². The number of fused-ring (bicyclic) bond motifs is 1. The molecule has 1 aliphatic carbocycles. The molecule has 2 aliphatic rings. The average molecular weight is 347 g/mol. The summed E-state index contributed by atoms with van der Waals surface area (Å²) >= 11 is 3.14. The fourth-order valence-corrected chi connectivity index (χ4v) is 2.56. The number of allylic oxidation sites excluding steroid dienone is 3. The molecular formula is C15H11BrN2O3. The zero-order valence-corrected chi connectivity index (χ0v) is 12.7. The molecule has 1 atom stereocenters. The average Bonchev–Trinajstić information content (AvgIpc) is 2.85. The van der Waals surface area contributed by atoms with E-state index < -0.39 is 5.91 Å². The van der Waals surface area contributed by atoms with E-state index in [4.69, 9.17) is 4.42 Å². The summed E-state index contributed by atoms with van der Waals surface area (Å²) in [6.07, 6.45) is 6.94. The summed E-state index contributed by atoms with van der Waals surface area (Å²) in [5.41, 5.74) is 2.17. The predicted molar refractivity (Wildman–Crippen MR) is 80.8 cm³/mol. The van der Waals surface area contributed by atoms with Gasteiger partial charge in [0.15, 0.2) is 10.4 Å². The first-order valence-electron chi connectivity index (χ1n) is 6.30. The number of carbonyl (C=O) groups is 2. The third-order valence-electron chi connectivity index (χ3n) is 3.23. The molecule has 6 heteroatoms. The summed E-state index contributed by atoms with van der Waals surface area (Å²) in [6, 6.07) is 3.18. The largest absolute Gasteiger partial charge is 0.444 e. The Morgan fingerprint density at radius 3 is 2.90 bits per heavy atom. The maximum atomic E-state index is 12.0. The monoisotopic (exact) mass is 346 g/mol. The highest BCUT2D eigenvalue weighted by atomic mass is 79.9. The van der Waals surface area contributed by atoms with Gasteiger partial charge >= 0.3 is 5.91 Å². The van der Waals surface area contributed by atoms with Crippen molar-refractivity contribution in [3.8, 4) is 0 Å². The van der Waals surface area contributed by atoms with E-state index in [-0.39, 0.29) is 17.6 Å². The molecule has 2 heterocycles. The second kappa shape index (κ2) is 5.29. The first kappa shape index (κ1) is 13.8. The van der Waals surface area contributed by atoms with Gasteiger partial charge < -0.3 is 9.73 Å². The molecule has 1 aromatic rings. The molecule has 0 fully saturated rings. The molecule has 1 N–H and O–H groups in total. The number of halogens is 1. The Kier molecular flexibility index (Phi) is 3.47. The van der Waals surface area contributed by atoms with Crippen LogP contribution in [-0.2, 0) is 4.79 Å². The van der Waals surface area contributed by atoms with Gasteiger partial charge in [-0.3, -0.25) is 9.59 Å². The second-order valence-electron chi connectivity index (χ2n) is 4.76. The number of amides is 2. The quantitative estimate of drug-likeness (QED) is 0.849. The third-order valence-corrected chi connectivity index (χ3v) is 3.66. The van der Waals surface area contributed by atoms with Gasteiger partial charge in [0, 0.05) is 17.7 Å². The Hall–Kier alpha value is -2.21. The van der Waals surface area contributed by atoms with Gasteiger partial charge in [-0.2, -0.15) is 0 Å². The Balaban J connectivity index is 1.87. The van der Waals surface area contributed by atoms with Crippen molar-refractivity contribution >= 4 is 33.5 Å². The van der Waals surface area contributed by atoms with Gasteiger partial charge in [0.2, 0.25) is 5.91 Å². The van der Waals surface area contributed by atoms with Crippen molar-refractivity contribution in [3.05, 3.63) is 58.1 Å². The van der Waals surface area contributed by atoms with E-state index in [2.05, 4.69) is 26.2 Å². The minimum atomic E-state index is -0.468. The molecule has 106 valence electrons. The lowest BCUT2D eigenvalue weighted by molar-refractivity contribution is -0.116. The molecule has 1 unspecified atom stereocenters. The summed E-state index contributed by atoms with van der Waals surface area (Å²) in [4.78, 5) is 27.4. The molecule has 1 aromatic heterocycles. The highest BCUT2D eigenvalue weighted by molar-refractivity contribution is 9.10. The highest BCUT2D eigenvalue weighted by Crippen LogP contribution is 2.26. The van der Waals surface area contributed by atoms with Gasteiger partial charge in [-0.15, -0.1) is 0 Å². The molecule has 5 nitrogen and oxygen atoms in total. The van der Waals surface area contributed by atoms with Crippen molar-refractivity contribution in [2.24, 2.45) is 10.9 Å². The molecule has 0 aromatic carbocycles. The fraction of sp³-hybridized carbons (Fsp3) is 0.133. The van der Waals surface area contributed by atoms with Crippen LogP contribution in [0, 0.1) is 5.92 Å². The van der Waals surface area contributed by atoms with Crippen LogP contribution in [0.3, 0.4) is 0 Å². The number of hydrogen-bond acceptors (Lipinski definition) is 3. The Bertz CT molecular complexity index is 753. The maximum absolute atomic E-state index is 12.0. The summed E-state index contributed by atoms with van der Waals surface area (Å²) in [5.74, 6) is -0.433. The molecule has 0 radical (unpaired) electrons. The number of hydrogen-bond donors (Lipinski definition) is 1. The van der Waals surface area contributed by atoms with Crippen molar-refractivity contribution in [2.75, 3.05) is 0 Å². The van der Waals surface area contributed by atoms with Crippen molar-refractivity contribution in [1.82, 2.24) is 5.32 Å². The first-order valence-corrected chi connectivity index (χ1v) is 7.09. The van der Waals surface area contributed by atoms with Crippen LogP contribution in [0.2, 0.25) is 0 Å². The molecule has 0 spiro atoms. The Labute approximate surface area is 129 Å². The van der Waals surface area contributed by atoms with Gasteiger partial charge in [-0.05, 0) is 47.1 Å². The summed E-state index contributed by atoms with van der Waals surface area (Å²) in [7, 11) is 0. The lowest BCUT2D eigenvalue weighted by Gasteiger charge is -2.25. The molecule has 0 bridgehead atoms. The Morgan fingerprint density at radius 1 is 1.38 bits per heavy atom. The fourth-order valence-electron chi connectivity index (χ4n) is 2.25. The van der Waals surface area contributed by atoms with E-state index in [0.717, 1.165) is 11.3 Å². The van der Waals surface area contributed by atoms with E-state index in [1.807, 2.05) is 13.0 Å². The van der Waals surface area contributed by atoms with Gasteiger partial charge in [-0.25, -0.2) is 4.99 Å². The van der Waals surface area contributed by atoms with Crippen LogP contribution in [0.4, 0.5) is 0 Å². The summed E-state index contributed by atoms with van der Waals surface area (Å²) < 4.78 is 5.64. The van der Waals surface area contributed by atoms with E-state index in [0.29, 0.717) is 10.4 Å². The zero-order valence-electron chi connectivity index (χ0n) is 11.1. The summed E-state index contributed by atoms with van der Waals surface area (Å²) in [5, 5.41) is 2.77. The number of aliphatic imine (C=N–C) groups is 1. The van der Waals surface area contributed by atoms with E-state index in [1.165, 1.54) is 0 Å². The van der Waals surface area contributed by atoms with Gasteiger partial charge in [0.25, 0.3) is 0 Å². The second-order valence-corrected chi connectivity index (χ2v) is 5.54. The number of rotatable bonds is 1. The molecular weight excluding hydrogens is 336 g/mol. The topological polar surface area (TPSA) is 71.7 Å². The van der Waals surface area contributed by atoms with Crippen LogP contribution in [0.5, 0.6) is 0 Å². The smallest absolute Gasteiger partial charge is 0.313 e. The minimum Gasteiger partial charge on any atom is -0.444 e. The number of carbonyl (C=O) groups excluding carboxylic acids is 2. The van der Waals surface area contributed by atoms with Gasteiger partial charge in [0.1, 0.15) is 0 Å². The normalized spacial score (nSPS) is 22.5. The number of nitrogens with one attached hydrogen (secondary N) is 1. The lowest BCUT2D eigenvalue weighted by atomic mass is 9.89. The standard InChI is InChI=1S/C15H11BrN2O3/c1-8-6-14(19)18-11-7-9(2-3-10(8)11)17-15(20)12-4-5-13(16)21-12/h2-7,10H,1H3,(H,18,19). The molecule has 3 rings (SSSR count). The third kappa shape index (κ3) is 2.80. The first-order chi connectivity index (χ1) is 10.0. The minimum absolute atomic E-state index is 0.0366. The lowest BCUT2D eigenvalue weighted by Crippen LogP contribution is -2.32. The van der Waals surface area contributed by atoms with E-state index in [9.17, 15) is 9.59 Å². The zero-order chi connectivity index (χ0) is 15.0. The van der Waals surface area contributed by atoms with Crippen LogP contribution in [0.25, 0.3) is 0 Å². The highest BCUT2D eigenvalue weighted by Gasteiger charge is 2.24. The van der Waals surface area contributed by atoms with Crippen LogP contribution < -0.4 is 5.32 Å². The van der Waals surface area contributed by atoms with Crippen LogP contribution in [0.15, 0.2) is 61.8 Å². The van der Waals surface area contributed by atoms with Crippen LogP contribution >= 0.6 is 15.9 Å².